The summed E-state index contributed by atoms with van der Waals surface area (Å²) < 4.78 is 3.06. The van der Waals surface area contributed by atoms with Crippen LogP contribution in [0.25, 0.3) is 11.0 Å². The minimum Gasteiger partial charge on any atom is -0.315 e. The monoisotopic (exact) mass is 264 g/mol. The average molecular weight is 265 g/mol. The van der Waals surface area contributed by atoms with Gasteiger partial charge in [-0.1, -0.05) is 0 Å². The fourth-order valence-electron chi connectivity index (χ4n) is 1.84. The van der Waals surface area contributed by atoms with E-state index in [1.165, 1.54) is 12.8 Å². The first-order valence-corrected chi connectivity index (χ1v) is 5.71. The Kier molecular flexibility index (Phi) is 1.92. The molecule has 0 N–H and O–H groups in total. The largest absolute Gasteiger partial charge is 0.315 e. The second-order valence-corrected chi connectivity index (χ2v) is 4.56. The summed E-state index contributed by atoms with van der Waals surface area (Å²) in [5, 5.41) is 0. The van der Waals surface area contributed by atoms with E-state index in [1.807, 2.05) is 18.2 Å². The SMILES string of the molecule is O=Cc1ccc2c(c1)nc(Br)n2C1CC1. The van der Waals surface area contributed by atoms with Crippen molar-refractivity contribution in [2.75, 3.05) is 0 Å². The van der Waals surface area contributed by atoms with Crippen LogP contribution in [-0.4, -0.2) is 15.8 Å². The molecule has 15 heavy (non-hydrogen) atoms. The normalized spacial score (nSPS) is 15.8. The molecule has 3 nitrogen and oxygen atoms in total. The number of hydrogen-bond donors (Lipinski definition) is 0. The van der Waals surface area contributed by atoms with Crippen molar-refractivity contribution in [3.63, 3.8) is 0 Å². The third-order valence-corrected chi connectivity index (χ3v) is 3.28. The van der Waals surface area contributed by atoms with E-state index in [0.717, 1.165) is 22.1 Å². The lowest BCUT2D eigenvalue weighted by Crippen LogP contribution is -1.93. The highest BCUT2D eigenvalue weighted by Gasteiger charge is 2.27. The Morgan fingerprint density at radius 3 is 2.93 bits per heavy atom. The third-order valence-electron chi connectivity index (χ3n) is 2.72. The molecular formula is C11H9BrN2O. The van der Waals surface area contributed by atoms with Crippen molar-refractivity contribution >= 4 is 33.2 Å². The summed E-state index contributed by atoms with van der Waals surface area (Å²) in [6, 6.07) is 6.22. The molecule has 0 atom stereocenters. The molecule has 0 saturated heterocycles. The molecule has 76 valence electrons. The van der Waals surface area contributed by atoms with Crippen LogP contribution in [0.4, 0.5) is 0 Å². The molecule has 1 fully saturated rings. The molecule has 1 aromatic heterocycles. The minimum absolute atomic E-state index is 0.589. The minimum atomic E-state index is 0.589. The number of imidazole rings is 1. The highest BCUT2D eigenvalue weighted by molar-refractivity contribution is 9.10. The fraction of sp³-hybridized carbons (Fsp3) is 0.273. The summed E-state index contributed by atoms with van der Waals surface area (Å²) in [5.74, 6) is 0. The number of halogens is 1. The molecule has 0 bridgehead atoms. The van der Waals surface area contributed by atoms with E-state index < -0.39 is 0 Å². The fourth-order valence-corrected chi connectivity index (χ4v) is 2.51. The summed E-state index contributed by atoms with van der Waals surface area (Å²) in [7, 11) is 0. The highest BCUT2D eigenvalue weighted by Crippen LogP contribution is 2.39. The number of aldehydes is 1. The van der Waals surface area contributed by atoms with Gasteiger partial charge in [0.1, 0.15) is 6.29 Å². The van der Waals surface area contributed by atoms with Crippen LogP contribution in [0.1, 0.15) is 29.2 Å². The molecule has 0 spiro atoms. The van der Waals surface area contributed by atoms with E-state index in [9.17, 15) is 4.79 Å². The van der Waals surface area contributed by atoms with Crippen molar-refractivity contribution in [2.24, 2.45) is 0 Å². The van der Waals surface area contributed by atoms with E-state index in [-0.39, 0.29) is 0 Å². The van der Waals surface area contributed by atoms with Crippen molar-refractivity contribution in [3.05, 3.63) is 28.5 Å². The molecule has 1 aliphatic carbocycles. The van der Waals surface area contributed by atoms with Crippen molar-refractivity contribution in [3.8, 4) is 0 Å². The molecule has 0 amide bonds. The van der Waals surface area contributed by atoms with Gasteiger partial charge in [-0.15, -0.1) is 0 Å². The maximum absolute atomic E-state index is 10.6. The second kappa shape index (κ2) is 3.17. The summed E-state index contributed by atoms with van der Waals surface area (Å²) >= 11 is 3.46. The van der Waals surface area contributed by atoms with Gasteiger partial charge in [0, 0.05) is 11.6 Å². The number of fused-ring (bicyclic) bond motifs is 1. The summed E-state index contributed by atoms with van der Waals surface area (Å²) in [6.45, 7) is 0. The van der Waals surface area contributed by atoms with E-state index in [1.54, 1.807) is 0 Å². The van der Waals surface area contributed by atoms with Crippen LogP contribution in [0.2, 0.25) is 0 Å². The molecule has 1 aliphatic rings. The van der Waals surface area contributed by atoms with E-state index in [4.69, 9.17) is 0 Å². The van der Waals surface area contributed by atoms with Crippen LogP contribution in [0.15, 0.2) is 22.9 Å². The lowest BCUT2D eigenvalue weighted by atomic mass is 10.2. The zero-order valence-electron chi connectivity index (χ0n) is 7.98. The zero-order chi connectivity index (χ0) is 10.4. The van der Waals surface area contributed by atoms with Gasteiger partial charge < -0.3 is 4.57 Å². The first kappa shape index (κ1) is 9.09. The lowest BCUT2D eigenvalue weighted by Gasteiger charge is -2.02. The van der Waals surface area contributed by atoms with Crippen LogP contribution in [0, 0.1) is 0 Å². The molecule has 1 saturated carbocycles. The number of carbonyl (C=O) groups is 1. The Hall–Kier alpha value is -1.16. The van der Waals surface area contributed by atoms with Gasteiger partial charge in [0.05, 0.1) is 11.0 Å². The Balaban J connectivity index is 2.27. The average Bonchev–Trinajstić information content (AvgIpc) is 3.00. The number of hydrogen-bond acceptors (Lipinski definition) is 2. The van der Waals surface area contributed by atoms with Gasteiger partial charge in [0.2, 0.25) is 0 Å². The number of nitrogens with zero attached hydrogens (tertiary/aromatic N) is 2. The molecule has 0 unspecified atom stereocenters. The Bertz CT molecular complexity index is 543. The van der Waals surface area contributed by atoms with Gasteiger partial charge in [0.25, 0.3) is 0 Å². The van der Waals surface area contributed by atoms with Crippen LogP contribution in [-0.2, 0) is 0 Å². The Morgan fingerprint density at radius 2 is 2.27 bits per heavy atom. The van der Waals surface area contributed by atoms with Gasteiger partial charge in [-0.05, 0) is 47.0 Å². The summed E-state index contributed by atoms with van der Waals surface area (Å²) in [5.41, 5.74) is 2.67. The Morgan fingerprint density at radius 1 is 1.47 bits per heavy atom. The van der Waals surface area contributed by atoms with Gasteiger partial charge >= 0.3 is 0 Å². The van der Waals surface area contributed by atoms with Crippen molar-refractivity contribution in [2.45, 2.75) is 18.9 Å². The molecule has 1 aromatic carbocycles. The maximum Gasteiger partial charge on any atom is 0.178 e. The van der Waals surface area contributed by atoms with Gasteiger partial charge in [0.15, 0.2) is 4.73 Å². The molecule has 2 aromatic rings. The van der Waals surface area contributed by atoms with Crippen LogP contribution in [0.3, 0.4) is 0 Å². The smallest absolute Gasteiger partial charge is 0.178 e. The molecule has 4 heteroatoms. The first-order valence-electron chi connectivity index (χ1n) is 4.92. The summed E-state index contributed by atoms with van der Waals surface area (Å²) in [6.07, 6.45) is 3.29. The molecule has 3 rings (SSSR count). The number of benzene rings is 1. The molecule has 1 heterocycles. The number of carbonyl (C=O) groups excluding carboxylic acids is 1. The van der Waals surface area contributed by atoms with Crippen molar-refractivity contribution in [1.29, 1.82) is 0 Å². The van der Waals surface area contributed by atoms with Crippen molar-refractivity contribution < 1.29 is 4.79 Å². The predicted molar refractivity (Wildman–Crippen MR) is 61.1 cm³/mol. The molecular weight excluding hydrogens is 256 g/mol. The highest BCUT2D eigenvalue weighted by atomic mass is 79.9. The summed E-state index contributed by atoms with van der Waals surface area (Å²) in [4.78, 5) is 15.0. The molecule has 0 radical (unpaired) electrons. The van der Waals surface area contributed by atoms with E-state index >= 15 is 0 Å². The van der Waals surface area contributed by atoms with Gasteiger partial charge in [-0.2, -0.15) is 0 Å². The number of rotatable bonds is 2. The Labute approximate surface area is 95.2 Å². The van der Waals surface area contributed by atoms with E-state index in [2.05, 4.69) is 25.5 Å². The van der Waals surface area contributed by atoms with E-state index in [0.29, 0.717) is 11.6 Å². The zero-order valence-corrected chi connectivity index (χ0v) is 9.57. The quantitative estimate of drug-likeness (QED) is 0.782. The van der Waals surface area contributed by atoms with Crippen LogP contribution >= 0.6 is 15.9 Å². The first-order chi connectivity index (χ1) is 7.29. The number of aromatic nitrogens is 2. The predicted octanol–water partition coefficient (Wildman–Crippen LogP) is 2.95. The van der Waals surface area contributed by atoms with Gasteiger partial charge in [-0.3, -0.25) is 4.79 Å². The third kappa shape index (κ3) is 1.40. The maximum atomic E-state index is 10.6. The second-order valence-electron chi connectivity index (χ2n) is 3.85. The standard InChI is InChI=1S/C11H9BrN2O/c12-11-13-9-5-7(6-15)1-4-10(9)14(11)8-2-3-8/h1,4-6,8H,2-3H2. The van der Waals surface area contributed by atoms with Gasteiger partial charge in [-0.25, -0.2) is 4.98 Å². The van der Waals surface area contributed by atoms with Crippen molar-refractivity contribution in [1.82, 2.24) is 9.55 Å². The molecule has 0 aliphatic heterocycles. The van der Waals surface area contributed by atoms with Crippen LogP contribution < -0.4 is 0 Å². The van der Waals surface area contributed by atoms with Crippen LogP contribution in [0.5, 0.6) is 0 Å². The lowest BCUT2D eigenvalue weighted by molar-refractivity contribution is 0.112. The topological polar surface area (TPSA) is 34.9 Å².